The van der Waals surface area contributed by atoms with E-state index < -0.39 is 11.8 Å². The summed E-state index contributed by atoms with van der Waals surface area (Å²) >= 11 is 0. The zero-order chi connectivity index (χ0) is 17.8. The lowest BCUT2D eigenvalue weighted by Gasteiger charge is -2.37. The van der Waals surface area contributed by atoms with Gasteiger partial charge in [-0.2, -0.15) is 0 Å². The van der Waals surface area contributed by atoms with Crippen molar-refractivity contribution in [2.45, 2.75) is 0 Å². The van der Waals surface area contributed by atoms with Crippen LogP contribution in [0, 0.1) is 5.82 Å². The van der Waals surface area contributed by atoms with Crippen LogP contribution in [0.5, 0.6) is 5.75 Å². The minimum absolute atomic E-state index is 0.108. The molecule has 0 amide bonds. The van der Waals surface area contributed by atoms with E-state index in [0.717, 1.165) is 24.5 Å². The topological polar surface area (TPSA) is 54.9 Å². The fourth-order valence-electron chi connectivity index (χ4n) is 2.94. The van der Waals surface area contributed by atoms with Crippen LogP contribution in [0.4, 0.5) is 15.9 Å². The van der Waals surface area contributed by atoms with Crippen LogP contribution in [0.2, 0.25) is 0 Å². The van der Waals surface area contributed by atoms with Gasteiger partial charge in [-0.1, -0.05) is 12.1 Å². The quantitative estimate of drug-likeness (QED) is 0.793. The van der Waals surface area contributed by atoms with Crippen LogP contribution in [0.25, 0.3) is 0 Å². The van der Waals surface area contributed by atoms with E-state index in [1.165, 1.54) is 19.4 Å². The smallest absolute Gasteiger partial charge is 0.339 e. The maximum absolute atomic E-state index is 14.3. The number of piperazine rings is 1. The maximum atomic E-state index is 14.3. The van der Waals surface area contributed by atoms with Crippen molar-refractivity contribution >= 4 is 17.5 Å². The van der Waals surface area contributed by atoms with Gasteiger partial charge in [0.2, 0.25) is 0 Å². The van der Waals surface area contributed by atoms with Gasteiger partial charge >= 0.3 is 5.97 Å². The van der Waals surface area contributed by atoms with Gasteiger partial charge in [-0.15, -0.1) is 0 Å². The molecular weight excluding hydrogens is 325 g/mol. The van der Waals surface area contributed by atoms with Crippen LogP contribution in [0.3, 0.4) is 0 Å². The molecule has 1 aromatic carbocycles. The molecule has 2 heterocycles. The molecule has 1 aliphatic rings. The van der Waals surface area contributed by atoms with Crippen LogP contribution in [-0.2, 0) is 4.74 Å². The Morgan fingerprint density at radius 2 is 1.80 bits per heavy atom. The number of benzene rings is 1. The van der Waals surface area contributed by atoms with E-state index in [0.29, 0.717) is 13.1 Å². The molecule has 0 unspecified atom stereocenters. The highest BCUT2D eigenvalue weighted by molar-refractivity contribution is 5.89. The van der Waals surface area contributed by atoms with E-state index in [1.807, 2.05) is 29.2 Å². The first kappa shape index (κ1) is 17.0. The number of pyridine rings is 1. The van der Waals surface area contributed by atoms with Gasteiger partial charge in [0.05, 0.1) is 25.5 Å². The third kappa shape index (κ3) is 3.50. The number of esters is 1. The molecular formula is C18H20FN3O3. The van der Waals surface area contributed by atoms with Gasteiger partial charge in [0.25, 0.3) is 0 Å². The minimum atomic E-state index is -0.598. The number of anilines is 2. The number of methoxy groups -OCH3 is 2. The van der Waals surface area contributed by atoms with Crippen molar-refractivity contribution in [2.75, 3.05) is 50.2 Å². The van der Waals surface area contributed by atoms with E-state index in [9.17, 15) is 9.18 Å². The Labute approximate surface area is 145 Å². The Balaban J connectivity index is 1.71. The first-order chi connectivity index (χ1) is 12.1. The van der Waals surface area contributed by atoms with Crippen molar-refractivity contribution in [3.05, 3.63) is 47.9 Å². The highest BCUT2D eigenvalue weighted by Crippen LogP contribution is 2.29. The van der Waals surface area contributed by atoms with Crippen molar-refractivity contribution < 1.29 is 18.7 Å². The number of halogens is 1. The molecule has 132 valence electrons. The highest BCUT2D eigenvalue weighted by atomic mass is 19.1. The number of rotatable bonds is 4. The lowest BCUT2D eigenvalue weighted by Crippen LogP contribution is -2.47. The van der Waals surface area contributed by atoms with E-state index >= 15 is 0 Å². The lowest BCUT2D eigenvalue weighted by molar-refractivity contribution is 0.0599. The average Bonchev–Trinajstić information content (AvgIpc) is 2.67. The van der Waals surface area contributed by atoms with Crippen LogP contribution in [0.1, 0.15) is 10.4 Å². The molecule has 0 bridgehead atoms. The molecule has 0 aliphatic carbocycles. The van der Waals surface area contributed by atoms with Gasteiger partial charge in [-0.05, 0) is 18.2 Å². The van der Waals surface area contributed by atoms with Crippen molar-refractivity contribution in [2.24, 2.45) is 0 Å². The summed E-state index contributed by atoms with van der Waals surface area (Å²) < 4.78 is 24.3. The van der Waals surface area contributed by atoms with Crippen molar-refractivity contribution in [1.29, 1.82) is 0 Å². The Morgan fingerprint density at radius 1 is 1.12 bits per heavy atom. The molecule has 6 nitrogen and oxygen atoms in total. The second-order valence-electron chi connectivity index (χ2n) is 5.67. The monoisotopic (exact) mass is 345 g/mol. The summed E-state index contributed by atoms with van der Waals surface area (Å²) in [7, 11) is 2.91. The van der Waals surface area contributed by atoms with E-state index in [4.69, 9.17) is 4.74 Å². The van der Waals surface area contributed by atoms with Gasteiger partial charge in [0.15, 0.2) is 11.6 Å². The number of nitrogens with zero attached hydrogens (tertiary/aromatic N) is 3. The molecule has 1 aliphatic heterocycles. The molecule has 0 saturated carbocycles. The second kappa shape index (κ2) is 7.38. The molecule has 2 aromatic rings. The molecule has 0 spiro atoms. The van der Waals surface area contributed by atoms with Crippen molar-refractivity contribution in [3.63, 3.8) is 0 Å². The number of carbonyl (C=O) groups is 1. The molecule has 0 N–H and O–H groups in total. The molecule has 0 atom stereocenters. The van der Waals surface area contributed by atoms with Crippen LogP contribution in [0.15, 0.2) is 36.5 Å². The fourth-order valence-corrected chi connectivity index (χ4v) is 2.94. The summed E-state index contributed by atoms with van der Waals surface area (Å²) in [5.74, 6) is -0.0393. The Bertz CT molecular complexity index is 761. The fraction of sp³-hybridized carbons (Fsp3) is 0.333. The van der Waals surface area contributed by atoms with Gasteiger partial charge in [-0.3, -0.25) is 0 Å². The first-order valence-electron chi connectivity index (χ1n) is 8.01. The average molecular weight is 345 g/mol. The molecule has 1 saturated heterocycles. The zero-order valence-electron chi connectivity index (χ0n) is 14.2. The number of hydrogen-bond acceptors (Lipinski definition) is 6. The van der Waals surface area contributed by atoms with E-state index in [-0.39, 0.29) is 11.4 Å². The number of para-hydroxylation sites is 2. The number of aromatic nitrogens is 1. The molecule has 0 radical (unpaired) electrons. The highest BCUT2D eigenvalue weighted by Gasteiger charge is 2.23. The van der Waals surface area contributed by atoms with Gasteiger partial charge in [-0.25, -0.2) is 14.2 Å². The Kier molecular flexibility index (Phi) is 5.02. The van der Waals surface area contributed by atoms with Crippen LogP contribution < -0.4 is 14.5 Å². The summed E-state index contributed by atoms with van der Waals surface area (Å²) in [6.07, 6.45) is 1.34. The maximum Gasteiger partial charge on any atom is 0.339 e. The zero-order valence-corrected chi connectivity index (χ0v) is 14.2. The SMILES string of the molecule is COC(=O)c1cnc(N2CCN(c3ccccc3OC)CC2)c(F)c1. The standard InChI is InChI=1S/C18H20FN3O3/c1-24-16-6-4-3-5-15(16)21-7-9-22(10-8-21)17-14(19)11-13(12-20-17)18(23)25-2/h3-6,11-12H,7-10H2,1-2H3. The Hall–Kier alpha value is -2.83. The largest absolute Gasteiger partial charge is 0.495 e. The molecule has 1 fully saturated rings. The van der Waals surface area contributed by atoms with E-state index in [2.05, 4.69) is 14.6 Å². The summed E-state index contributed by atoms with van der Waals surface area (Å²) in [6.45, 7) is 2.69. The van der Waals surface area contributed by atoms with Crippen LogP contribution >= 0.6 is 0 Å². The summed E-state index contributed by atoms with van der Waals surface area (Å²) in [5, 5.41) is 0. The predicted molar refractivity (Wildman–Crippen MR) is 93.0 cm³/mol. The molecule has 25 heavy (non-hydrogen) atoms. The predicted octanol–water partition coefficient (Wildman–Crippen LogP) is 2.34. The molecule has 3 rings (SSSR count). The molecule has 7 heteroatoms. The van der Waals surface area contributed by atoms with Gasteiger partial charge < -0.3 is 19.3 Å². The van der Waals surface area contributed by atoms with Crippen molar-refractivity contribution in [1.82, 2.24) is 4.98 Å². The number of ether oxygens (including phenoxy) is 2. The third-order valence-corrected chi connectivity index (χ3v) is 4.25. The molecule has 1 aromatic heterocycles. The van der Waals surface area contributed by atoms with E-state index in [1.54, 1.807) is 7.11 Å². The summed E-state index contributed by atoms with van der Waals surface area (Å²) in [5.41, 5.74) is 1.13. The van der Waals surface area contributed by atoms with Gasteiger partial charge in [0.1, 0.15) is 5.75 Å². The lowest BCUT2D eigenvalue weighted by atomic mass is 10.2. The van der Waals surface area contributed by atoms with Gasteiger partial charge in [0, 0.05) is 32.4 Å². The summed E-state index contributed by atoms with van der Waals surface area (Å²) in [6, 6.07) is 9.01. The Morgan fingerprint density at radius 3 is 2.44 bits per heavy atom. The van der Waals surface area contributed by atoms with Crippen molar-refractivity contribution in [3.8, 4) is 5.75 Å². The minimum Gasteiger partial charge on any atom is -0.495 e. The number of carbonyl (C=O) groups excluding carboxylic acids is 1. The first-order valence-corrected chi connectivity index (χ1v) is 8.01. The second-order valence-corrected chi connectivity index (χ2v) is 5.67. The normalized spacial score (nSPS) is 14.4. The number of hydrogen-bond donors (Lipinski definition) is 0. The third-order valence-electron chi connectivity index (χ3n) is 4.25. The summed E-state index contributed by atoms with van der Waals surface area (Å²) in [4.78, 5) is 19.6. The van der Waals surface area contributed by atoms with Crippen LogP contribution in [-0.4, -0.2) is 51.4 Å².